The van der Waals surface area contributed by atoms with Crippen molar-refractivity contribution in [3.63, 3.8) is 0 Å². The zero-order valence-electron chi connectivity index (χ0n) is 33.9. The van der Waals surface area contributed by atoms with Crippen LogP contribution in [0.5, 0.6) is 0 Å². The Morgan fingerprint density at radius 3 is 1.54 bits per heavy atom. The van der Waals surface area contributed by atoms with E-state index in [-0.39, 0.29) is 23.5 Å². The normalized spacial score (nSPS) is 20.0. The first-order valence-corrected chi connectivity index (χ1v) is 20.6. The van der Waals surface area contributed by atoms with Crippen LogP contribution >= 0.6 is 0 Å². The van der Waals surface area contributed by atoms with Gasteiger partial charge in [-0.3, -0.25) is 29.1 Å². The molecule has 3 atom stereocenters. The first kappa shape index (κ1) is 43.3. The molecule has 9 nitrogen and oxygen atoms in total. The van der Waals surface area contributed by atoms with Gasteiger partial charge in [-0.05, 0) is 104 Å². The Morgan fingerprint density at radius 2 is 1.04 bits per heavy atom. The third kappa shape index (κ3) is 12.6. The molecule has 0 spiro atoms. The van der Waals surface area contributed by atoms with Gasteiger partial charge in [-0.15, -0.1) is 0 Å². The van der Waals surface area contributed by atoms with E-state index in [2.05, 4.69) is 96.1 Å². The Morgan fingerprint density at radius 1 is 0.579 bits per heavy atom. The van der Waals surface area contributed by atoms with Crippen LogP contribution < -0.4 is 0 Å². The summed E-state index contributed by atoms with van der Waals surface area (Å²) >= 11 is 0. The Kier molecular flexibility index (Phi) is 16.0. The second-order valence-corrected chi connectivity index (χ2v) is 16.5. The van der Waals surface area contributed by atoms with E-state index in [0.29, 0.717) is 0 Å². The highest BCUT2D eigenvalue weighted by Gasteiger charge is 2.37. The predicted molar refractivity (Wildman–Crippen MR) is 225 cm³/mol. The largest absolute Gasteiger partial charge is 0.480 e. The first-order valence-electron chi connectivity index (χ1n) is 20.6. The number of aryl methyl sites for hydroxylation is 1. The molecule has 7 rings (SSSR count). The van der Waals surface area contributed by atoms with E-state index in [1.807, 2.05) is 54.6 Å². The fourth-order valence-electron chi connectivity index (χ4n) is 8.35. The molecule has 57 heavy (non-hydrogen) atoms. The van der Waals surface area contributed by atoms with Gasteiger partial charge >= 0.3 is 17.9 Å². The van der Waals surface area contributed by atoms with Crippen molar-refractivity contribution in [3.05, 3.63) is 143 Å². The minimum Gasteiger partial charge on any atom is -0.480 e. The fourth-order valence-corrected chi connectivity index (χ4v) is 8.35. The topological polar surface area (TPSA) is 122 Å². The van der Waals surface area contributed by atoms with Gasteiger partial charge in [0.25, 0.3) is 0 Å². The third-order valence-corrected chi connectivity index (χ3v) is 11.4. The Hall–Kier alpha value is -4.83. The summed E-state index contributed by atoms with van der Waals surface area (Å²) < 4.78 is 0. The number of carbonyl (C=O) groups is 3. The summed E-state index contributed by atoms with van der Waals surface area (Å²) in [5.41, 5.74) is 6.30. The van der Waals surface area contributed by atoms with Gasteiger partial charge in [0.1, 0.15) is 18.1 Å². The zero-order chi connectivity index (χ0) is 40.8. The molecular weight excluding hydrogens is 715 g/mol. The fraction of sp³-hybridized carbons (Fsp3) is 0.438. The SMILES string of the molecule is CC(C)(C)c1ccc(CN2CCC[C@H]2C(=O)O)cc1.O=C(O)[C@@H]1CCCN1C(c1ccccc1)c1ccccc1.O=C(O)[C@@H]1CCCN1CCCc1ccccc1. The van der Waals surface area contributed by atoms with E-state index in [9.17, 15) is 24.6 Å². The number of nitrogens with zero attached hydrogens (tertiary/aromatic N) is 3. The predicted octanol–water partition coefficient (Wildman–Crippen LogP) is 8.53. The molecule has 0 amide bonds. The summed E-state index contributed by atoms with van der Waals surface area (Å²) in [7, 11) is 0. The Labute approximate surface area is 339 Å². The summed E-state index contributed by atoms with van der Waals surface area (Å²) in [5, 5.41) is 27.7. The van der Waals surface area contributed by atoms with Gasteiger partial charge in [-0.1, -0.05) is 136 Å². The number of rotatable bonds is 12. The van der Waals surface area contributed by atoms with E-state index in [0.717, 1.165) is 95.2 Å². The van der Waals surface area contributed by atoms with Crippen LogP contribution in [0.1, 0.15) is 99.6 Å². The minimum absolute atomic E-state index is 0.0102. The monoisotopic (exact) mass is 775 g/mol. The van der Waals surface area contributed by atoms with Gasteiger partial charge in [0.2, 0.25) is 0 Å². The Bertz CT molecular complexity index is 1790. The zero-order valence-corrected chi connectivity index (χ0v) is 33.9. The van der Waals surface area contributed by atoms with Crippen LogP contribution in [0, 0.1) is 0 Å². The number of aliphatic carboxylic acids is 3. The van der Waals surface area contributed by atoms with E-state index >= 15 is 0 Å². The summed E-state index contributed by atoms with van der Waals surface area (Å²) in [5.74, 6) is -2.07. The maximum atomic E-state index is 11.5. The molecule has 4 aromatic rings. The summed E-state index contributed by atoms with van der Waals surface area (Å²) in [6.07, 6.45) is 7.31. The summed E-state index contributed by atoms with van der Waals surface area (Å²) in [4.78, 5) is 40.0. The van der Waals surface area contributed by atoms with Crippen molar-refractivity contribution in [1.29, 1.82) is 0 Å². The molecule has 3 aliphatic heterocycles. The lowest BCUT2D eigenvalue weighted by molar-refractivity contribution is -0.143. The van der Waals surface area contributed by atoms with E-state index in [1.54, 1.807) is 0 Å². The lowest BCUT2D eigenvalue weighted by Gasteiger charge is -2.32. The average molecular weight is 776 g/mol. The lowest BCUT2D eigenvalue weighted by atomic mass is 9.87. The molecule has 0 aromatic heterocycles. The van der Waals surface area contributed by atoms with Crippen molar-refractivity contribution in [2.24, 2.45) is 0 Å². The molecule has 0 aliphatic carbocycles. The van der Waals surface area contributed by atoms with Gasteiger partial charge in [0, 0.05) is 13.1 Å². The van der Waals surface area contributed by atoms with Crippen molar-refractivity contribution in [2.75, 3.05) is 26.2 Å². The molecule has 0 saturated carbocycles. The van der Waals surface area contributed by atoms with Gasteiger partial charge < -0.3 is 15.3 Å². The molecule has 3 saturated heterocycles. The lowest BCUT2D eigenvalue weighted by Crippen LogP contribution is -2.39. The molecule has 4 aromatic carbocycles. The molecule has 3 fully saturated rings. The number of carboxylic acids is 3. The highest BCUT2D eigenvalue weighted by molar-refractivity contribution is 5.74. The van der Waals surface area contributed by atoms with Gasteiger partial charge in [-0.2, -0.15) is 0 Å². The smallest absolute Gasteiger partial charge is 0.320 e. The van der Waals surface area contributed by atoms with Crippen LogP contribution in [0.15, 0.2) is 115 Å². The quantitative estimate of drug-likeness (QED) is 0.130. The van der Waals surface area contributed by atoms with Crippen molar-refractivity contribution in [2.45, 2.75) is 108 Å². The molecule has 3 heterocycles. The maximum Gasteiger partial charge on any atom is 0.320 e. The Balaban J connectivity index is 0.000000164. The molecule has 3 N–H and O–H groups in total. The highest BCUT2D eigenvalue weighted by Crippen LogP contribution is 2.35. The molecule has 304 valence electrons. The van der Waals surface area contributed by atoms with Crippen molar-refractivity contribution in [1.82, 2.24) is 14.7 Å². The van der Waals surface area contributed by atoms with Crippen LogP contribution in [0.4, 0.5) is 0 Å². The van der Waals surface area contributed by atoms with Crippen LogP contribution in [0.25, 0.3) is 0 Å². The molecule has 0 bridgehead atoms. The van der Waals surface area contributed by atoms with Gasteiger partial charge in [0.05, 0.1) is 6.04 Å². The number of hydrogen-bond donors (Lipinski definition) is 3. The maximum absolute atomic E-state index is 11.5. The van der Waals surface area contributed by atoms with Gasteiger partial charge in [0.15, 0.2) is 0 Å². The number of benzene rings is 4. The summed E-state index contributed by atoms with van der Waals surface area (Å²) in [6, 6.07) is 38.3. The second kappa shape index (κ2) is 21.1. The standard InChI is InChI=1S/C18H19NO2.C16H23NO2.C14H19NO2/c20-18(21)16-12-7-13-19(16)17(14-8-3-1-4-9-14)15-10-5-2-6-11-15;1-16(2,3)13-8-6-12(7-9-13)11-17-10-4-5-14(17)15(18)19;16-14(17)13-9-5-11-15(13)10-4-8-12-6-2-1-3-7-12/h1-6,8-11,16-17H,7,12-13H2,(H,20,21);6-9,14H,4-5,10-11H2,1-3H3,(H,18,19);1-3,6-7,13H,4-5,8-11H2,(H,16,17)/t16-;14-;13-/m000/s1. The number of hydrogen-bond acceptors (Lipinski definition) is 6. The third-order valence-electron chi connectivity index (χ3n) is 11.4. The van der Waals surface area contributed by atoms with Crippen molar-refractivity contribution < 1.29 is 29.7 Å². The van der Waals surface area contributed by atoms with Crippen molar-refractivity contribution in [3.8, 4) is 0 Å². The molecule has 9 heteroatoms. The van der Waals surface area contributed by atoms with E-state index in [4.69, 9.17) is 5.11 Å². The summed E-state index contributed by atoms with van der Waals surface area (Å²) in [6.45, 7) is 10.9. The van der Waals surface area contributed by atoms with E-state index < -0.39 is 23.9 Å². The van der Waals surface area contributed by atoms with Crippen LogP contribution in [-0.2, 0) is 32.8 Å². The van der Waals surface area contributed by atoms with Gasteiger partial charge in [-0.25, -0.2) is 0 Å². The van der Waals surface area contributed by atoms with Crippen LogP contribution in [-0.4, -0.2) is 92.2 Å². The minimum atomic E-state index is -0.718. The van der Waals surface area contributed by atoms with Crippen molar-refractivity contribution >= 4 is 17.9 Å². The second-order valence-electron chi connectivity index (χ2n) is 16.5. The molecule has 0 unspecified atom stereocenters. The average Bonchev–Trinajstić information content (AvgIpc) is 3.99. The van der Waals surface area contributed by atoms with Crippen LogP contribution in [0.2, 0.25) is 0 Å². The molecular formula is C48H61N3O6. The highest BCUT2D eigenvalue weighted by atomic mass is 16.4. The molecule has 3 aliphatic rings. The molecule has 0 radical (unpaired) electrons. The van der Waals surface area contributed by atoms with E-state index in [1.165, 1.54) is 16.7 Å². The van der Waals surface area contributed by atoms with Crippen LogP contribution in [0.3, 0.4) is 0 Å². The number of likely N-dealkylation sites (tertiary alicyclic amines) is 3. The number of carboxylic acid groups (broad SMARTS) is 3. The first-order chi connectivity index (χ1) is 27.4.